The van der Waals surface area contributed by atoms with Gasteiger partial charge in [0.1, 0.15) is 48.2 Å². The average molecular weight is 669 g/mol. The first kappa shape index (κ1) is 36.2. The fourth-order valence-corrected chi connectivity index (χ4v) is 5.27. The van der Waals surface area contributed by atoms with Gasteiger partial charge in [0.15, 0.2) is 5.78 Å². The Balaban J connectivity index is 1.69. The van der Waals surface area contributed by atoms with Gasteiger partial charge in [-0.25, -0.2) is 14.4 Å². The smallest absolute Gasteiger partial charge is 0.341 e. The van der Waals surface area contributed by atoms with Crippen LogP contribution >= 0.6 is 0 Å². The number of Topliss-reactive ketones (excluding diaryl/α,β-unsaturated/α-hetero) is 1. The summed E-state index contributed by atoms with van der Waals surface area (Å²) in [4.78, 5) is 53.8. The molecular weight excluding hydrogens is 628 g/mol. The highest BCUT2D eigenvalue weighted by Crippen LogP contribution is 2.32. The normalized spacial score (nSPS) is 10.9. The van der Waals surface area contributed by atoms with Crippen LogP contribution in [0.3, 0.4) is 0 Å². The van der Waals surface area contributed by atoms with Gasteiger partial charge in [0.05, 0.1) is 37.9 Å². The molecule has 0 amide bonds. The number of rotatable bonds is 17. The summed E-state index contributed by atoms with van der Waals surface area (Å²) in [6.45, 7) is 0.839. The van der Waals surface area contributed by atoms with E-state index in [1.807, 2.05) is 19.1 Å². The molecule has 0 saturated carbocycles. The minimum atomic E-state index is -1.36. The quantitative estimate of drug-likeness (QED) is 0.0675. The molecule has 10 heteroatoms. The Hall–Kier alpha value is -5.64. The molecule has 0 aliphatic rings. The summed E-state index contributed by atoms with van der Waals surface area (Å²) in [6, 6.07) is 27.0. The Morgan fingerprint density at radius 2 is 0.878 bits per heavy atom. The number of hydrogen-bond acceptors (Lipinski definition) is 10. The minimum Gasteiger partial charge on any atom is -0.496 e. The van der Waals surface area contributed by atoms with E-state index >= 15 is 0 Å². The van der Waals surface area contributed by atoms with Crippen molar-refractivity contribution in [2.45, 2.75) is 26.2 Å². The molecule has 0 N–H and O–H groups in total. The summed E-state index contributed by atoms with van der Waals surface area (Å²) in [6.07, 6.45) is 0.518. The molecule has 0 aliphatic carbocycles. The molecule has 4 aromatic carbocycles. The lowest BCUT2D eigenvalue weighted by atomic mass is 9.83. The van der Waals surface area contributed by atoms with E-state index in [4.69, 9.17) is 28.4 Å². The number of ketones is 1. The van der Waals surface area contributed by atoms with Crippen molar-refractivity contribution >= 4 is 23.7 Å². The van der Waals surface area contributed by atoms with Gasteiger partial charge < -0.3 is 28.4 Å². The van der Waals surface area contributed by atoms with Gasteiger partial charge in [-0.2, -0.15) is 0 Å². The molecule has 10 nitrogen and oxygen atoms in total. The Labute approximate surface area is 285 Å². The van der Waals surface area contributed by atoms with Gasteiger partial charge in [-0.05, 0) is 60.9 Å². The molecule has 0 fully saturated rings. The van der Waals surface area contributed by atoms with E-state index in [2.05, 4.69) is 0 Å². The van der Waals surface area contributed by atoms with E-state index in [1.165, 1.54) is 21.3 Å². The van der Waals surface area contributed by atoms with Crippen molar-refractivity contribution in [3.05, 3.63) is 125 Å². The summed E-state index contributed by atoms with van der Waals surface area (Å²) in [7, 11) is 4.34. The predicted octanol–water partition coefficient (Wildman–Crippen LogP) is 6.80. The van der Waals surface area contributed by atoms with Crippen molar-refractivity contribution in [3.63, 3.8) is 0 Å². The second-order valence-electron chi connectivity index (χ2n) is 11.3. The van der Waals surface area contributed by atoms with Gasteiger partial charge in [-0.15, -0.1) is 0 Å². The molecular formula is C39H40O10. The van der Waals surface area contributed by atoms with Crippen molar-refractivity contribution in [2.24, 2.45) is 5.41 Å². The van der Waals surface area contributed by atoms with Crippen LogP contribution in [-0.4, -0.2) is 64.8 Å². The molecule has 4 aromatic rings. The van der Waals surface area contributed by atoms with E-state index in [-0.39, 0.29) is 49.6 Å². The van der Waals surface area contributed by atoms with Crippen molar-refractivity contribution in [3.8, 4) is 17.2 Å². The molecule has 0 unspecified atom stereocenters. The monoisotopic (exact) mass is 668 g/mol. The largest absolute Gasteiger partial charge is 0.496 e. The highest BCUT2D eigenvalue weighted by Gasteiger charge is 2.38. The third kappa shape index (κ3) is 9.25. The van der Waals surface area contributed by atoms with Gasteiger partial charge in [0.2, 0.25) is 0 Å². The lowest BCUT2D eigenvalue weighted by Gasteiger charge is -2.32. The van der Waals surface area contributed by atoms with E-state index < -0.39 is 23.3 Å². The number of hydrogen-bond donors (Lipinski definition) is 0. The summed E-state index contributed by atoms with van der Waals surface area (Å²) in [5, 5.41) is 0. The zero-order chi connectivity index (χ0) is 35.2. The third-order valence-electron chi connectivity index (χ3n) is 8.09. The van der Waals surface area contributed by atoms with Gasteiger partial charge in [0.25, 0.3) is 0 Å². The van der Waals surface area contributed by atoms with Crippen molar-refractivity contribution in [1.29, 1.82) is 0 Å². The maximum atomic E-state index is 13.6. The summed E-state index contributed by atoms with van der Waals surface area (Å²) in [5.74, 6) is -1.30. The third-order valence-corrected chi connectivity index (χ3v) is 8.09. The number of benzene rings is 4. The maximum Gasteiger partial charge on any atom is 0.341 e. The van der Waals surface area contributed by atoms with Crippen LogP contribution in [0.1, 0.15) is 66.8 Å². The molecule has 4 rings (SSSR count). The number of esters is 3. The number of ether oxygens (including phenoxy) is 6. The lowest BCUT2D eigenvalue weighted by molar-refractivity contribution is -0.0401. The summed E-state index contributed by atoms with van der Waals surface area (Å²) < 4.78 is 33.6. The summed E-state index contributed by atoms with van der Waals surface area (Å²) >= 11 is 0. The number of aryl methyl sites for hydroxylation is 1. The second kappa shape index (κ2) is 17.5. The van der Waals surface area contributed by atoms with Crippen LogP contribution in [0.25, 0.3) is 0 Å². The van der Waals surface area contributed by atoms with E-state index in [0.717, 1.165) is 5.56 Å². The van der Waals surface area contributed by atoms with Crippen LogP contribution in [0.2, 0.25) is 0 Å². The summed E-state index contributed by atoms with van der Waals surface area (Å²) in [5.41, 5.74) is 0.498. The molecule has 49 heavy (non-hydrogen) atoms. The van der Waals surface area contributed by atoms with E-state index in [0.29, 0.717) is 34.8 Å². The van der Waals surface area contributed by atoms with Gasteiger partial charge in [-0.3, -0.25) is 4.79 Å². The van der Waals surface area contributed by atoms with Crippen LogP contribution in [0, 0.1) is 5.41 Å². The molecule has 256 valence electrons. The predicted molar refractivity (Wildman–Crippen MR) is 182 cm³/mol. The zero-order valence-corrected chi connectivity index (χ0v) is 28.1. The maximum absolute atomic E-state index is 13.6. The van der Waals surface area contributed by atoms with Crippen LogP contribution in [-0.2, 0) is 20.6 Å². The first-order valence-electron chi connectivity index (χ1n) is 15.8. The van der Waals surface area contributed by atoms with E-state index in [1.54, 1.807) is 84.9 Å². The highest BCUT2D eigenvalue weighted by atomic mass is 16.6. The fourth-order valence-electron chi connectivity index (χ4n) is 5.27. The molecule has 0 bridgehead atoms. The Morgan fingerprint density at radius 1 is 0.510 bits per heavy atom. The van der Waals surface area contributed by atoms with Crippen LogP contribution in [0.4, 0.5) is 0 Å². The number of carbonyl (C=O) groups excluding carboxylic acids is 4. The Morgan fingerprint density at radius 3 is 1.33 bits per heavy atom. The first-order valence-corrected chi connectivity index (χ1v) is 15.8. The number of methoxy groups -OCH3 is 3. The molecule has 0 spiro atoms. The van der Waals surface area contributed by atoms with Crippen LogP contribution in [0.5, 0.6) is 17.2 Å². The molecule has 0 aliphatic heterocycles. The van der Waals surface area contributed by atoms with Crippen molar-refractivity contribution in [1.82, 2.24) is 0 Å². The van der Waals surface area contributed by atoms with Gasteiger partial charge in [0, 0.05) is 6.42 Å². The Kier molecular flexibility index (Phi) is 12.9. The number of carbonyl (C=O) groups is 4. The van der Waals surface area contributed by atoms with E-state index in [9.17, 15) is 19.2 Å². The molecule has 0 saturated heterocycles. The zero-order valence-electron chi connectivity index (χ0n) is 28.1. The molecule has 0 atom stereocenters. The second-order valence-corrected chi connectivity index (χ2v) is 11.3. The minimum absolute atomic E-state index is 0.00496. The molecule has 0 heterocycles. The fraction of sp³-hybridized carbons (Fsp3) is 0.282. The molecule has 0 aromatic heterocycles. The lowest BCUT2D eigenvalue weighted by Crippen LogP contribution is -2.40. The van der Waals surface area contributed by atoms with Gasteiger partial charge >= 0.3 is 17.9 Å². The van der Waals surface area contributed by atoms with Gasteiger partial charge in [-0.1, -0.05) is 61.5 Å². The molecule has 0 radical (unpaired) electrons. The van der Waals surface area contributed by atoms with Crippen molar-refractivity contribution < 1.29 is 47.6 Å². The van der Waals surface area contributed by atoms with Crippen LogP contribution in [0.15, 0.2) is 97.1 Å². The van der Waals surface area contributed by atoms with Crippen molar-refractivity contribution in [2.75, 3.05) is 41.2 Å². The Bertz CT molecular complexity index is 1500. The highest BCUT2D eigenvalue weighted by molar-refractivity contribution is 5.98. The van der Waals surface area contributed by atoms with Crippen LogP contribution < -0.4 is 14.2 Å². The SMILES string of the molecule is CCc1ccccc1C(=O)OCC(CCC(=O)c1ccccc1OC)(COC(=O)c1ccccc1OC)COC(=O)c1ccccc1OC. The average Bonchev–Trinajstić information content (AvgIpc) is 3.16. The first-order chi connectivity index (χ1) is 23.8. The topological polar surface area (TPSA) is 124 Å². The standard InChI is InChI=1S/C39H40O10/c1-5-27-14-6-7-15-28(27)36(41)47-24-39(23-22-32(40)29-16-8-11-19-33(29)44-2,25-48-37(42)30-17-9-12-20-34(30)45-3)26-49-38(43)31-18-10-13-21-35(31)46-4/h6-21H,5,22-26H2,1-4H3. The number of para-hydroxylation sites is 3.